The highest BCUT2D eigenvalue weighted by atomic mass is 35.5. The number of aromatic nitrogens is 1. The van der Waals surface area contributed by atoms with Crippen LogP contribution in [0, 0.1) is 0 Å². The Labute approximate surface area is 159 Å². The molecule has 1 aromatic heterocycles. The van der Waals surface area contributed by atoms with Gasteiger partial charge in [0.1, 0.15) is 5.75 Å². The van der Waals surface area contributed by atoms with E-state index in [4.69, 9.17) is 32.7 Å². The third-order valence-electron chi connectivity index (χ3n) is 3.76. The Hall–Kier alpha value is -2.50. The molecule has 1 atom stereocenters. The minimum atomic E-state index is -0.926. The predicted molar refractivity (Wildman–Crippen MR) is 100 cm³/mol. The number of benzene rings is 2. The van der Waals surface area contributed by atoms with Gasteiger partial charge in [-0.1, -0.05) is 41.4 Å². The molecule has 2 aromatic carbocycles. The molecule has 0 saturated heterocycles. The van der Waals surface area contributed by atoms with Crippen LogP contribution >= 0.6 is 23.2 Å². The highest BCUT2D eigenvalue weighted by Gasteiger charge is 2.20. The van der Waals surface area contributed by atoms with Crippen LogP contribution in [0.15, 0.2) is 48.7 Å². The van der Waals surface area contributed by atoms with Crippen LogP contribution in [-0.4, -0.2) is 29.4 Å². The van der Waals surface area contributed by atoms with Crippen molar-refractivity contribution in [3.8, 4) is 5.75 Å². The molecule has 0 fully saturated rings. The molecule has 0 unspecified atom stereocenters. The molecule has 7 heteroatoms. The van der Waals surface area contributed by atoms with E-state index in [-0.39, 0.29) is 17.4 Å². The Balaban J connectivity index is 1.60. The normalized spacial score (nSPS) is 12.0. The second kappa shape index (κ2) is 7.81. The van der Waals surface area contributed by atoms with E-state index in [9.17, 15) is 9.59 Å². The van der Waals surface area contributed by atoms with Crippen molar-refractivity contribution in [1.82, 2.24) is 4.98 Å². The molecule has 1 heterocycles. The van der Waals surface area contributed by atoms with Gasteiger partial charge in [-0.15, -0.1) is 0 Å². The molecular weight excluding hydrogens is 377 g/mol. The quantitative estimate of drug-likeness (QED) is 0.489. The van der Waals surface area contributed by atoms with E-state index in [1.165, 1.54) is 13.0 Å². The number of para-hydroxylation sites is 1. The SMILES string of the molecule is C[C@H](Oc1ccc(Cl)cc1Cl)C(=O)OCC(=O)c1c[nH]c2ccccc12. The second-order valence-electron chi connectivity index (χ2n) is 5.61. The Bertz CT molecular complexity index is 967. The highest BCUT2D eigenvalue weighted by molar-refractivity contribution is 6.35. The molecule has 0 spiro atoms. The Morgan fingerprint density at radius 2 is 1.92 bits per heavy atom. The van der Waals surface area contributed by atoms with Gasteiger partial charge in [0.2, 0.25) is 5.78 Å². The van der Waals surface area contributed by atoms with Crippen molar-refractivity contribution in [3.63, 3.8) is 0 Å². The van der Waals surface area contributed by atoms with Gasteiger partial charge in [0, 0.05) is 27.7 Å². The number of rotatable bonds is 6. The molecule has 3 rings (SSSR count). The van der Waals surface area contributed by atoms with Crippen molar-refractivity contribution in [2.24, 2.45) is 0 Å². The average Bonchev–Trinajstić information content (AvgIpc) is 3.06. The number of Topliss-reactive ketones (excluding diaryl/α,β-unsaturated/α-hetero) is 1. The van der Waals surface area contributed by atoms with E-state index in [1.54, 1.807) is 18.3 Å². The summed E-state index contributed by atoms with van der Waals surface area (Å²) >= 11 is 11.8. The summed E-state index contributed by atoms with van der Waals surface area (Å²) in [6, 6.07) is 12.1. The molecular formula is C19H15Cl2NO4. The lowest BCUT2D eigenvalue weighted by Crippen LogP contribution is -2.28. The lowest BCUT2D eigenvalue weighted by atomic mass is 10.1. The number of hydrogen-bond donors (Lipinski definition) is 1. The number of nitrogens with one attached hydrogen (secondary N) is 1. The average molecular weight is 392 g/mol. The second-order valence-corrected chi connectivity index (χ2v) is 6.46. The number of carbonyl (C=O) groups is 2. The van der Waals surface area contributed by atoms with Crippen LogP contribution in [0.25, 0.3) is 10.9 Å². The molecule has 0 aliphatic rings. The summed E-state index contributed by atoms with van der Waals surface area (Å²) in [5, 5.41) is 1.53. The van der Waals surface area contributed by atoms with Crippen molar-refractivity contribution in [2.45, 2.75) is 13.0 Å². The smallest absolute Gasteiger partial charge is 0.347 e. The monoisotopic (exact) mass is 391 g/mol. The number of halogens is 2. The molecule has 0 radical (unpaired) electrons. The van der Waals surface area contributed by atoms with Crippen LogP contribution in [0.1, 0.15) is 17.3 Å². The van der Waals surface area contributed by atoms with Gasteiger partial charge >= 0.3 is 5.97 Å². The molecule has 0 bridgehead atoms. The van der Waals surface area contributed by atoms with E-state index in [1.807, 2.05) is 24.3 Å². The molecule has 5 nitrogen and oxygen atoms in total. The first-order valence-corrected chi connectivity index (χ1v) is 8.59. The van der Waals surface area contributed by atoms with Crippen molar-refractivity contribution < 1.29 is 19.1 Å². The standard InChI is InChI=1S/C19H15Cl2NO4/c1-11(26-18-7-6-12(20)8-15(18)21)19(24)25-10-17(23)14-9-22-16-5-3-2-4-13(14)16/h2-9,11,22H,10H2,1H3/t11-/m0/s1. The maximum Gasteiger partial charge on any atom is 0.347 e. The molecule has 0 aliphatic carbocycles. The fraction of sp³-hybridized carbons (Fsp3) is 0.158. The molecule has 0 aliphatic heterocycles. The van der Waals surface area contributed by atoms with Crippen LogP contribution in [0.3, 0.4) is 0 Å². The predicted octanol–water partition coefficient (Wildman–Crippen LogP) is 4.67. The molecule has 3 aromatic rings. The zero-order chi connectivity index (χ0) is 18.7. The van der Waals surface area contributed by atoms with Crippen molar-refractivity contribution in [1.29, 1.82) is 0 Å². The number of ketones is 1. The van der Waals surface area contributed by atoms with Crippen LogP contribution in [0.4, 0.5) is 0 Å². The summed E-state index contributed by atoms with van der Waals surface area (Å²) in [5.74, 6) is -0.653. The zero-order valence-corrected chi connectivity index (χ0v) is 15.3. The lowest BCUT2D eigenvalue weighted by molar-refractivity contribution is -0.149. The largest absolute Gasteiger partial charge is 0.477 e. The summed E-state index contributed by atoms with van der Waals surface area (Å²) in [6.07, 6.45) is 0.679. The van der Waals surface area contributed by atoms with E-state index in [0.29, 0.717) is 16.3 Å². The molecule has 26 heavy (non-hydrogen) atoms. The topological polar surface area (TPSA) is 68.4 Å². The first-order valence-electron chi connectivity index (χ1n) is 7.83. The first kappa shape index (κ1) is 18.3. The van der Waals surface area contributed by atoms with E-state index in [2.05, 4.69) is 4.98 Å². The molecule has 0 amide bonds. The van der Waals surface area contributed by atoms with Gasteiger partial charge in [0.15, 0.2) is 12.7 Å². The Morgan fingerprint density at radius 1 is 1.15 bits per heavy atom. The van der Waals surface area contributed by atoms with E-state index >= 15 is 0 Å². The minimum Gasteiger partial charge on any atom is -0.477 e. The highest BCUT2D eigenvalue weighted by Crippen LogP contribution is 2.28. The van der Waals surface area contributed by atoms with Crippen LogP contribution in [0.2, 0.25) is 10.0 Å². The number of aromatic amines is 1. The molecule has 134 valence electrons. The van der Waals surface area contributed by atoms with Crippen LogP contribution in [0.5, 0.6) is 5.75 Å². The van der Waals surface area contributed by atoms with Gasteiger partial charge in [-0.25, -0.2) is 4.79 Å². The van der Waals surface area contributed by atoms with Gasteiger partial charge in [0.05, 0.1) is 5.02 Å². The third kappa shape index (κ3) is 4.00. The number of H-pyrrole nitrogens is 1. The number of carbonyl (C=O) groups excluding carboxylic acids is 2. The summed E-state index contributed by atoms with van der Waals surface area (Å²) in [6.45, 7) is 1.15. The molecule has 1 N–H and O–H groups in total. The number of fused-ring (bicyclic) bond motifs is 1. The van der Waals surface area contributed by atoms with Gasteiger partial charge in [-0.2, -0.15) is 0 Å². The fourth-order valence-electron chi connectivity index (χ4n) is 2.44. The van der Waals surface area contributed by atoms with Crippen molar-refractivity contribution in [2.75, 3.05) is 6.61 Å². The summed E-state index contributed by atoms with van der Waals surface area (Å²) < 4.78 is 10.6. The summed E-state index contributed by atoms with van der Waals surface area (Å²) in [4.78, 5) is 27.4. The number of ether oxygens (including phenoxy) is 2. The van der Waals surface area contributed by atoms with E-state index < -0.39 is 12.1 Å². The van der Waals surface area contributed by atoms with E-state index in [0.717, 1.165) is 10.9 Å². The fourth-order valence-corrected chi connectivity index (χ4v) is 2.90. The third-order valence-corrected chi connectivity index (χ3v) is 4.30. The summed E-state index contributed by atoms with van der Waals surface area (Å²) in [5.41, 5.74) is 1.32. The van der Waals surface area contributed by atoms with Gasteiger partial charge < -0.3 is 14.5 Å². The van der Waals surface area contributed by atoms with Crippen LogP contribution < -0.4 is 4.74 Å². The Morgan fingerprint density at radius 3 is 2.69 bits per heavy atom. The summed E-state index contributed by atoms with van der Waals surface area (Å²) in [7, 11) is 0. The first-order chi connectivity index (χ1) is 12.5. The van der Waals surface area contributed by atoms with Gasteiger partial charge in [0.25, 0.3) is 0 Å². The van der Waals surface area contributed by atoms with Crippen LogP contribution in [-0.2, 0) is 9.53 Å². The number of esters is 1. The molecule has 0 saturated carbocycles. The Kier molecular flexibility index (Phi) is 5.49. The van der Waals surface area contributed by atoms with Gasteiger partial charge in [-0.3, -0.25) is 4.79 Å². The van der Waals surface area contributed by atoms with Gasteiger partial charge in [-0.05, 0) is 31.2 Å². The van der Waals surface area contributed by atoms with Crippen molar-refractivity contribution in [3.05, 3.63) is 64.3 Å². The van der Waals surface area contributed by atoms with Crippen molar-refractivity contribution >= 4 is 45.9 Å². The maximum absolute atomic E-state index is 12.3. The zero-order valence-electron chi connectivity index (χ0n) is 13.8. The minimum absolute atomic E-state index is 0.284. The number of hydrogen-bond acceptors (Lipinski definition) is 4. The lowest BCUT2D eigenvalue weighted by Gasteiger charge is -2.14. The maximum atomic E-state index is 12.3.